The monoisotopic (exact) mass is 332 g/mol. The Morgan fingerprint density at radius 1 is 1.00 bits per heavy atom. The van der Waals surface area contributed by atoms with Gasteiger partial charge in [0.25, 0.3) is 0 Å². The van der Waals surface area contributed by atoms with Crippen molar-refractivity contribution in [3.05, 3.63) is 78.4 Å². The van der Waals surface area contributed by atoms with Gasteiger partial charge in [0.1, 0.15) is 11.5 Å². The molecule has 0 bridgehead atoms. The summed E-state index contributed by atoms with van der Waals surface area (Å²) >= 11 is 0. The van der Waals surface area contributed by atoms with Gasteiger partial charge in [-0.05, 0) is 23.8 Å². The van der Waals surface area contributed by atoms with E-state index in [0.717, 1.165) is 22.6 Å². The van der Waals surface area contributed by atoms with E-state index < -0.39 is 11.8 Å². The summed E-state index contributed by atoms with van der Waals surface area (Å²) in [5.41, 5.74) is 3.50. The van der Waals surface area contributed by atoms with Crippen molar-refractivity contribution in [2.24, 2.45) is 0 Å². The quantitative estimate of drug-likeness (QED) is 0.570. The molecule has 0 spiro atoms. The third-order valence-corrected chi connectivity index (χ3v) is 4.14. The fraction of sp³-hybridized carbons (Fsp3) is 0. The zero-order valence-electron chi connectivity index (χ0n) is 13.0. The summed E-state index contributed by atoms with van der Waals surface area (Å²) in [5.74, 6) is -1.73. The van der Waals surface area contributed by atoms with E-state index in [1.165, 1.54) is 12.1 Å². The summed E-state index contributed by atoms with van der Waals surface area (Å²) in [6.07, 6.45) is 3.45. The molecule has 0 saturated carbocycles. The number of aromatic carboxylic acids is 1. The number of nitrogens with one attached hydrogen (secondary N) is 1. The number of hydrogen-bond donors (Lipinski definition) is 2. The number of carboxylic acid groups (broad SMARTS) is 1. The number of fused-ring (bicyclic) bond motifs is 1. The van der Waals surface area contributed by atoms with Gasteiger partial charge in [0.05, 0.1) is 5.56 Å². The maximum Gasteiger partial charge on any atom is 0.335 e. The number of benzene rings is 2. The number of aromatic nitrogens is 2. The van der Waals surface area contributed by atoms with Crippen molar-refractivity contribution in [1.29, 1.82) is 0 Å². The van der Waals surface area contributed by atoms with Crippen molar-refractivity contribution in [3.63, 3.8) is 0 Å². The maximum atomic E-state index is 14.4. The number of carboxylic acids is 1. The molecule has 0 aliphatic carbocycles. The lowest BCUT2D eigenvalue weighted by Gasteiger charge is -2.05. The van der Waals surface area contributed by atoms with Crippen LogP contribution in [0, 0.1) is 5.82 Å². The third-order valence-electron chi connectivity index (χ3n) is 4.14. The summed E-state index contributed by atoms with van der Waals surface area (Å²) in [4.78, 5) is 18.4. The maximum absolute atomic E-state index is 14.4. The Morgan fingerprint density at radius 3 is 2.52 bits per heavy atom. The summed E-state index contributed by atoms with van der Waals surface area (Å²) in [6, 6.07) is 15.7. The van der Waals surface area contributed by atoms with Gasteiger partial charge >= 0.3 is 5.97 Å². The Labute approximate surface area is 142 Å². The van der Waals surface area contributed by atoms with Crippen LogP contribution in [-0.4, -0.2) is 21.0 Å². The van der Waals surface area contributed by atoms with Gasteiger partial charge in [0.15, 0.2) is 0 Å². The first-order valence-electron chi connectivity index (χ1n) is 7.69. The molecule has 25 heavy (non-hydrogen) atoms. The molecule has 4 nitrogen and oxygen atoms in total. The van der Waals surface area contributed by atoms with Gasteiger partial charge in [0, 0.05) is 34.5 Å². The van der Waals surface area contributed by atoms with E-state index in [2.05, 4.69) is 9.97 Å². The van der Waals surface area contributed by atoms with Crippen molar-refractivity contribution in [2.45, 2.75) is 0 Å². The summed E-state index contributed by atoms with van der Waals surface area (Å²) in [5, 5.41) is 9.76. The minimum Gasteiger partial charge on any atom is -0.478 e. The summed E-state index contributed by atoms with van der Waals surface area (Å²) in [6.45, 7) is 0. The lowest BCUT2D eigenvalue weighted by molar-refractivity contribution is 0.0696. The first-order valence-corrected chi connectivity index (χ1v) is 7.69. The standard InChI is InChI=1S/C20H13FN2O2/c21-18-9-13(20(24)25)6-7-15(18)17-11-23-19-16(17)8-14(10-22-19)12-4-2-1-3-5-12/h1-11H,(H,22,23)(H,24,25). The molecule has 122 valence electrons. The average Bonchev–Trinajstić information content (AvgIpc) is 3.05. The van der Waals surface area contributed by atoms with E-state index in [4.69, 9.17) is 5.11 Å². The molecule has 2 N–H and O–H groups in total. The molecule has 2 aromatic heterocycles. The van der Waals surface area contributed by atoms with Crippen molar-refractivity contribution in [2.75, 3.05) is 0 Å². The highest BCUT2D eigenvalue weighted by Gasteiger charge is 2.14. The molecule has 0 aliphatic heterocycles. The smallest absolute Gasteiger partial charge is 0.335 e. The van der Waals surface area contributed by atoms with Crippen LogP contribution in [0.4, 0.5) is 4.39 Å². The number of halogens is 1. The van der Waals surface area contributed by atoms with Gasteiger partial charge < -0.3 is 10.1 Å². The van der Waals surface area contributed by atoms with Crippen molar-refractivity contribution in [1.82, 2.24) is 9.97 Å². The molecular weight excluding hydrogens is 319 g/mol. The number of nitrogens with zero attached hydrogens (tertiary/aromatic N) is 1. The van der Waals surface area contributed by atoms with Crippen molar-refractivity contribution < 1.29 is 14.3 Å². The van der Waals surface area contributed by atoms with E-state index in [1.807, 2.05) is 36.4 Å². The highest BCUT2D eigenvalue weighted by atomic mass is 19.1. The molecule has 0 unspecified atom stereocenters. The lowest BCUT2D eigenvalue weighted by atomic mass is 10.0. The average molecular weight is 332 g/mol. The number of hydrogen-bond acceptors (Lipinski definition) is 2. The molecule has 0 fully saturated rings. The van der Waals surface area contributed by atoms with E-state index in [0.29, 0.717) is 16.8 Å². The Balaban J connectivity index is 1.87. The zero-order chi connectivity index (χ0) is 17.4. The molecule has 0 amide bonds. The van der Waals surface area contributed by atoms with Gasteiger partial charge in [-0.1, -0.05) is 36.4 Å². The Bertz CT molecular complexity index is 1090. The lowest BCUT2D eigenvalue weighted by Crippen LogP contribution is -1.97. The topological polar surface area (TPSA) is 66.0 Å². The minimum absolute atomic E-state index is 0.0795. The van der Waals surface area contributed by atoms with Crippen LogP contribution >= 0.6 is 0 Å². The van der Waals surface area contributed by atoms with Gasteiger partial charge in [-0.3, -0.25) is 0 Å². The molecule has 4 rings (SSSR count). The second kappa shape index (κ2) is 5.87. The molecule has 5 heteroatoms. The largest absolute Gasteiger partial charge is 0.478 e. The highest BCUT2D eigenvalue weighted by Crippen LogP contribution is 2.32. The second-order valence-corrected chi connectivity index (χ2v) is 5.69. The van der Waals surface area contributed by atoms with Gasteiger partial charge in [-0.2, -0.15) is 0 Å². The van der Waals surface area contributed by atoms with Crippen LogP contribution in [0.25, 0.3) is 33.3 Å². The molecule has 0 aliphatic rings. The van der Waals surface area contributed by atoms with Crippen LogP contribution in [-0.2, 0) is 0 Å². The predicted octanol–water partition coefficient (Wildman–Crippen LogP) is 4.73. The zero-order valence-corrected chi connectivity index (χ0v) is 13.0. The minimum atomic E-state index is -1.16. The van der Waals surface area contributed by atoms with Crippen LogP contribution in [0.2, 0.25) is 0 Å². The second-order valence-electron chi connectivity index (χ2n) is 5.69. The number of H-pyrrole nitrogens is 1. The number of aromatic amines is 1. The van der Waals surface area contributed by atoms with Crippen LogP contribution in [0.15, 0.2) is 67.0 Å². The Kier molecular flexibility index (Phi) is 3.54. The van der Waals surface area contributed by atoms with Crippen LogP contribution < -0.4 is 0 Å². The van der Waals surface area contributed by atoms with E-state index in [9.17, 15) is 9.18 Å². The van der Waals surface area contributed by atoms with E-state index in [1.54, 1.807) is 12.4 Å². The predicted molar refractivity (Wildman–Crippen MR) is 93.9 cm³/mol. The first-order chi connectivity index (χ1) is 12.1. The molecule has 0 atom stereocenters. The van der Waals surface area contributed by atoms with Crippen molar-refractivity contribution >= 4 is 17.0 Å². The SMILES string of the molecule is O=C(O)c1ccc(-c2c[nH]c3ncc(-c4ccccc4)cc23)c(F)c1. The Morgan fingerprint density at radius 2 is 1.80 bits per heavy atom. The van der Waals surface area contributed by atoms with Gasteiger partial charge in [-0.15, -0.1) is 0 Å². The summed E-state index contributed by atoms with van der Waals surface area (Å²) < 4.78 is 14.4. The number of pyridine rings is 1. The van der Waals surface area contributed by atoms with Crippen LogP contribution in [0.3, 0.4) is 0 Å². The van der Waals surface area contributed by atoms with Gasteiger partial charge in [-0.25, -0.2) is 14.2 Å². The molecular formula is C20H13FN2O2. The first kappa shape index (κ1) is 15.1. The molecule has 0 saturated heterocycles. The third kappa shape index (κ3) is 2.65. The Hall–Kier alpha value is -3.47. The summed E-state index contributed by atoms with van der Waals surface area (Å²) in [7, 11) is 0. The molecule has 2 aromatic carbocycles. The van der Waals surface area contributed by atoms with Crippen molar-refractivity contribution in [3.8, 4) is 22.3 Å². The number of rotatable bonds is 3. The molecule has 0 radical (unpaired) electrons. The van der Waals surface area contributed by atoms with Crippen LogP contribution in [0.1, 0.15) is 10.4 Å². The highest BCUT2D eigenvalue weighted by molar-refractivity contribution is 5.96. The molecule has 2 heterocycles. The van der Waals surface area contributed by atoms with E-state index in [-0.39, 0.29) is 5.56 Å². The number of carbonyl (C=O) groups is 1. The fourth-order valence-electron chi connectivity index (χ4n) is 2.88. The van der Waals surface area contributed by atoms with Crippen LogP contribution in [0.5, 0.6) is 0 Å². The molecule has 4 aromatic rings. The normalized spacial score (nSPS) is 10.9. The van der Waals surface area contributed by atoms with E-state index >= 15 is 0 Å². The van der Waals surface area contributed by atoms with Gasteiger partial charge in [0.2, 0.25) is 0 Å². The fourth-order valence-corrected chi connectivity index (χ4v) is 2.88.